The molecule has 0 radical (unpaired) electrons. The molecule has 0 saturated heterocycles. The number of ether oxygens (including phenoxy) is 1. The molecule has 3 atom stereocenters. The normalized spacial score (nSPS) is 32.2. The van der Waals surface area contributed by atoms with Gasteiger partial charge in [-0.3, -0.25) is 4.98 Å². The quantitative estimate of drug-likeness (QED) is 0.895. The van der Waals surface area contributed by atoms with Gasteiger partial charge in [-0.1, -0.05) is 20.3 Å². The van der Waals surface area contributed by atoms with Crippen LogP contribution in [-0.2, 0) is 5.60 Å². The van der Waals surface area contributed by atoms with Crippen molar-refractivity contribution in [1.29, 1.82) is 0 Å². The highest BCUT2D eigenvalue weighted by molar-refractivity contribution is 5.29. The van der Waals surface area contributed by atoms with Crippen LogP contribution < -0.4 is 4.74 Å². The number of hydrogen-bond acceptors (Lipinski definition) is 3. The maximum atomic E-state index is 11.0. The second-order valence-corrected chi connectivity index (χ2v) is 5.55. The molecule has 1 N–H and O–H groups in total. The molecule has 1 aliphatic carbocycles. The molecule has 1 aromatic heterocycles. The van der Waals surface area contributed by atoms with E-state index < -0.39 is 5.60 Å². The first-order valence-corrected chi connectivity index (χ1v) is 6.87. The smallest absolute Gasteiger partial charge is 0.137 e. The largest absolute Gasteiger partial charge is 0.492 e. The predicted octanol–water partition coefficient (Wildman–Crippen LogP) is 3.12. The number of hydrogen-bond donors (Lipinski definition) is 1. The minimum atomic E-state index is -0.752. The summed E-state index contributed by atoms with van der Waals surface area (Å²) in [6.07, 6.45) is 6.55. The Kier molecular flexibility index (Phi) is 3.91. The van der Waals surface area contributed by atoms with Crippen LogP contribution in [0.5, 0.6) is 5.75 Å². The molecule has 0 aromatic carbocycles. The van der Waals surface area contributed by atoms with Gasteiger partial charge in [-0.15, -0.1) is 0 Å². The average Bonchev–Trinajstić information content (AvgIpc) is 2.35. The van der Waals surface area contributed by atoms with E-state index in [0.717, 1.165) is 24.2 Å². The minimum absolute atomic E-state index is 0.271. The fourth-order valence-corrected chi connectivity index (χ4v) is 2.91. The van der Waals surface area contributed by atoms with Gasteiger partial charge in [0.25, 0.3) is 0 Å². The Hall–Kier alpha value is -1.09. The molecule has 1 aliphatic rings. The molecule has 1 fully saturated rings. The monoisotopic (exact) mass is 249 g/mol. The summed E-state index contributed by atoms with van der Waals surface area (Å²) in [5.74, 6) is 1.57. The zero-order valence-corrected chi connectivity index (χ0v) is 11.5. The van der Waals surface area contributed by atoms with Crippen LogP contribution in [-0.4, -0.2) is 16.7 Å². The van der Waals surface area contributed by atoms with Gasteiger partial charge >= 0.3 is 0 Å². The molecule has 2 rings (SSSR count). The number of pyridine rings is 1. The van der Waals surface area contributed by atoms with Crippen molar-refractivity contribution in [2.24, 2.45) is 11.8 Å². The molecular formula is C15H23NO2. The number of aliphatic hydroxyl groups is 1. The Morgan fingerprint density at radius 2 is 2.17 bits per heavy atom. The van der Waals surface area contributed by atoms with Crippen LogP contribution in [0.3, 0.4) is 0 Å². The number of rotatable bonds is 3. The summed E-state index contributed by atoms with van der Waals surface area (Å²) in [4.78, 5) is 4.20. The van der Waals surface area contributed by atoms with Crippen LogP contribution in [0.2, 0.25) is 0 Å². The van der Waals surface area contributed by atoms with Crippen molar-refractivity contribution < 1.29 is 9.84 Å². The Balaban J connectivity index is 2.30. The molecular weight excluding hydrogens is 226 g/mol. The summed E-state index contributed by atoms with van der Waals surface area (Å²) in [7, 11) is 0. The third-order valence-electron chi connectivity index (χ3n) is 4.09. The van der Waals surface area contributed by atoms with E-state index in [9.17, 15) is 5.11 Å². The maximum absolute atomic E-state index is 11.0. The van der Waals surface area contributed by atoms with E-state index >= 15 is 0 Å². The molecule has 3 nitrogen and oxygen atoms in total. The highest BCUT2D eigenvalue weighted by Gasteiger charge is 2.40. The molecule has 0 bridgehead atoms. The first-order valence-electron chi connectivity index (χ1n) is 6.87. The molecule has 0 aliphatic heterocycles. The van der Waals surface area contributed by atoms with E-state index in [0.29, 0.717) is 12.5 Å². The molecule has 0 amide bonds. The molecule has 3 unspecified atom stereocenters. The van der Waals surface area contributed by atoms with E-state index in [1.165, 1.54) is 6.42 Å². The summed E-state index contributed by atoms with van der Waals surface area (Å²) in [6, 6.07) is 1.94. The minimum Gasteiger partial charge on any atom is -0.492 e. The van der Waals surface area contributed by atoms with Gasteiger partial charge in [0, 0.05) is 11.8 Å². The predicted molar refractivity (Wildman–Crippen MR) is 71.5 cm³/mol. The molecule has 1 aromatic rings. The lowest BCUT2D eigenvalue weighted by atomic mass is 9.69. The van der Waals surface area contributed by atoms with Crippen molar-refractivity contribution in [3.8, 4) is 5.75 Å². The van der Waals surface area contributed by atoms with Crippen molar-refractivity contribution in [2.45, 2.75) is 45.6 Å². The lowest BCUT2D eigenvalue weighted by molar-refractivity contribution is -0.0631. The van der Waals surface area contributed by atoms with E-state index in [-0.39, 0.29) is 5.92 Å². The fraction of sp³-hybridized carbons (Fsp3) is 0.667. The zero-order chi connectivity index (χ0) is 13.2. The van der Waals surface area contributed by atoms with Crippen LogP contribution in [0.1, 0.15) is 45.6 Å². The topological polar surface area (TPSA) is 42.4 Å². The third kappa shape index (κ3) is 2.51. The second kappa shape index (κ2) is 5.27. The van der Waals surface area contributed by atoms with E-state index in [1.807, 2.05) is 13.0 Å². The van der Waals surface area contributed by atoms with Gasteiger partial charge in [0.2, 0.25) is 0 Å². The van der Waals surface area contributed by atoms with Gasteiger partial charge in [0.05, 0.1) is 18.4 Å². The molecule has 1 saturated carbocycles. The molecule has 0 spiro atoms. The lowest BCUT2D eigenvalue weighted by Gasteiger charge is -2.41. The SMILES string of the molecule is CCOc1cncc(C2(O)CC(C)CCC2C)c1. The summed E-state index contributed by atoms with van der Waals surface area (Å²) >= 11 is 0. The Morgan fingerprint density at radius 1 is 1.39 bits per heavy atom. The van der Waals surface area contributed by atoms with Crippen molar-refractivity contribution in [3.05, 3.63) is 24.0 Å². The van der Waals surface area contributed by atoms with Gasteiger partial charge in [0.1, 0.15) is 5.75 Å². The van der Waals surface area contributed by atoms with Gasteiger partial charge in [-0.25, -0.2) is 0 Å². The van der Waals surface area contributed by atoms with Gasteiger partial charge in [0.15, 0.2) is 0 Å². The van der Waals surface area contributed by atoms with Gasteiger partial charge < -0.3 is 9.84 Å². The molecule has 3 heteroatoms. The summed E-state index contributed by atoms with van der Waals surface area (Å²) in [5.41, 5.74) is 0.144. The summed E-state index contributed by atoms with van der Waals surface area (Å²) < 4.78 is 5.47. The van der Waals surface area contributed by atoms with E-state index in [1.54, 1.807) is 12.4 Å². The Morgan fingerprint density at radius 3 is 2.89 bits per heavy atom. The van der Waals surface area contributed by atoms with Crippen molar-refractivity contribution >= 4 is 0 Å². The standard InChI is InChI=1S/C15H23NO2/c1-4-18-14-7-13(9-16-10-14)15(17)8-11(2)5-6-12(15)3/h7,9-12,17H,4-6,8H2,1-3H3. The van der Waals surface area contributed by atoms with Crippen LogP contribution in [0.4, 0.5) is 0 Å². The second-order valence-electron chi connectivity index (χ2n) is 5.55. The molecule has 18 heavy (non-hydrogen) atoms. The van der Waals surface area contributed by atoms with Crippen LogP contribution >= 0.6 is 0 Å². The summed E-state index contributed by atoms with van der Waals surface area (Å²) in [6.45, 7) is 6.90. The highest BCUT2D eigenvalue weighted by atomic mass is 16.5. The van der Waals surface area contributed by atoms with Crippen molar-refractivity contribution in [3.63, 3.8) is 0 Å². The van der Waals surface area contributed by atoms with E-state index in [2.05, 4.69) is 18.8 Å². The third-order valence-corrected chi connectivity index (χ3v) is 4.09. The van der Waals surface area contributed by atoms with Crippen molar-refractivity contribution in [1.82, 2.24) is 4.98 Å². The van der Waals surface area contributed by atoms with Crippen LogP contribution in [0, 0.1) is 11.8 Å². The maximum Gasteiger partial charge on any atom is 0.137 e. The van der Waals surface area contributed by atoms with Crippen LogP contribution in [0.15, 0.2) is 18.5 Å². The van der Waals surface area contributed by atoms with Crippen LogP contribution in [0.25, 0.3) is 0 Å². The average molecular weight is 249 g/mol. The van der Waals surface area contributed by atoms with Gasteiger partial charge in [-0.2, -0.15) is 0 Å². The fourth-order valence-electron chi connectivity index (χ4n) is 2.91. The number of aromatic nitrogens is 1. The first-order chi connectivity index (χ1) is 8.56. The molecule has 1 heterocycles. The van der Waals surface area contributed by atoms with Gasteiger partial charge in [-0.05, 0) is 37.7 Å². The summed E-state index contributed by atoms with van der Waals surface area (Å²) in [5, 5.41) is 11.0. The number of nitrogens with zero attached hydrogens (tertiary/aromatic N) is 1. The zero-order valence-electron chi connectivity index (χ0n) is 11.5. The van der Waals surface area contributed by atoms with E-state index in [4.69, 9.17) is 4.74 Å². The first kappa shape index (κ1) is 13.3. The van der Waals surface area contributed by atoms with Crippen molar-refractivity contribution in [2.75, 3.05) is 6.61 Å². The Bertz CT molecular complexity index is 407. The highest BCUT2D eigenvalue weighted by Crippen LogP contribution is 2.44. The molecule has 100 valence electrons. The Labute approximate surface area is 109 Å². The lowest BCUT2D eigenvalue weighted by Crippen LogP contribution is -2.39.